The van der Waals surface area contributed by atoms with Crippen LogP contribution in [0.3, 0.4) is 0 Å². The molecule has 1 aromatic rings. The summed E-state index contributed by atoms with van der Waals surface area (Å²) in [5, 5.41) is 9.39. The molecule has 2 aliphatic rings. The molecule has 0 aromatic heterocycles. The maximum atomic E-state index is 11.4. The van der Waals surface area contributed by atoms with E-state index in [0.717, 1.165) is 53.8 Å². The van der Waals surface area contributed by atoms with Gasteiger partial charge in [0.15, 0.2) is 11.5 Å². The Balaban J connectivity index is 1.82. The van der Waals surface area contributed by atoms with Gasteiger partial charge in [0.05, 0.1) is 13.2 Å². The third-order valence-electron chi connectivity index (χ3n) is 4.19. The molecule has 2 heterocycles. The van der Waals surface area contributed by atoms with E-state index in [1.807, 2.05) is 17.0 Å². The molecule has 120 valence electrons. The predicted molar refractivity (Wildman–Crippen MR) is 85.4 cm³/mol. The summed E-state index contributed by atoms with van der Waals surface area (Å²) in [6.45, 7) is 2.73. The van der Waals surface area contributed by atoms with Gasteiger partial charge in [0.1, 0.15) is 6.04 Å². The van der Waals surface area contributed by atoms with Crippen molar-refractivity contribution in [3.8, 4) is 11.5 Å². The molecule has 22 heavy (non-hydrogen) atoms. The molecule has 1 unspecified atom stereocenters. The van der Waals surface area contributed by atoms with Crippen LogP contribution in [-0.4, -0.2) is 41.8 Å². The van der Waals surface area contributed by atoms with Crippen LogP contribution in [0.4, 0.5) is 0 Å². The maximum Gasteiger partial charge on any atom is 0.320 e. The quantitative estimate of drug-likeness (QED) is 0.886. The van der Waals surface area contributed by atoms with E-state index in [9.17, 15) is 9.90 Å². The number of likely N-dealkylation sites (tertiary alicyclic amines) is 1. The van der Waals surface area contributed by atoms with Gasteiger partial charge < -0.3 is 14.6 Å². The van der Waals surface area contributed by atoms with Crippen LogP contribution >= 0.6 is 15.9 Å². The minimum atomic E-state index is -0.731. The highest BCUT2D eigenvalue weighted by molar-refractivity contribution is 9.10. The molecule has 1 saturated heterocycles. The van der Waals surface area contributed by atoms with E-state index < -0.39 is 12.0 Å². The van der Waals surface area contributed by atoms with E-state index in [2.05, 4.69) is 15.9 Å². The predicted octanol–water partition coefficient (Wildman–Crippen LogP) is 3.05. The second-order valence-corrected chi connectivity index (χ2v) is 6.62. The number of carboxylic acid groups (broad SMARTS) is 1. The SMILES string of the molecule is O=C(O)C1CCCCN1Cc1cc2c(cc1Br)OCCCO2. The van der Waals surface area contributed by atoms with Gasteiger partial charge in [-0.05, 0) is 37.1 Å². The molecule has 0 saturated carbocycles. The van der Waals surface area contributed by atoms with Crippen molar-refractivity contribution in [1.82, 2.24) is 4.90 Å². The van der Waals surface area contributed by atoms with Gasteiger partial charge in [0.2, 0.25) is 0 Å². The normalized spacial score (nSPS) is 22.1. The molecular weight excluding hydrogens is 350 g/mol. The van der Waals surface area contributed by atoms with E-state index >= 15 is 0 Å². The monoisotopic (exact) mass is 369 g/mol. The van der Waals surface area contributed by atoms with Crippen molar-refractivity contribution in [2.45, 2.75) is 38.3 Å². The highest BCUT2D eigenvalue weighted by Gasteiger charge is 2.29. The van der Waals surface area contributed by atoms with Crippen molar-refractivity contribution in [1.29, 1.82) is 0 Å². The molecule has 1 N–H and O–H groups in total. The number of aliphatic carboxylic acids is 1. The second kappa shape index (κ2) is 6.87. The Bertz CT molecular complexity index is 563. The molecule has 0 bridgehead atoms. The van der Waals surface area contributed by atoms with Gasteiger partial charge in [-0.25, -0.2) is 0 Å². The maximum absolute atomic E-state index is 11.4. The van der Waals surface area contributed by atoms with Gasteiger partial charge in [-0.1, -0.05) is 22.4 Å². The molecule has 0 amide bonds. The van der Waals surface area contributed by atoms with Crippen LogP contribution in [0, 0.1) is 0 Å². The van der Waals surface area contributed by atoms with Crippen LogP contribution in [0.5, 0.6) is 11.5 Å². The zero-order valence-corrected chi connectivity index (χ0v) is 14.0. The third kappa shape index (κ3) is 3.38. The number of hydrogen-bond acceptors (Lipinski definition) is 4. The Labute approximate surface area is 138 Å². The fourth-order valence-corrected chi connectivity index (χ4v) is 3.47. The fourth-order valence-electron chi connectivity index (χ4n) is 3.03. The highest BCUT2D eigenvalue weighted by Crippen LogP contribution is 2.36. The second-order valence-electron chi connectivity index (χ2n) is 5.76. The zero-order valence-electron chi connectivity index (χ0n) is 12.4. The summed E-state index contributed by atoms with van der Waals surface area (Å²) in [6, 6.07) is 3.50. The van der Waals surface area contributed by atoms with E-state index in [0.29, 0.717) is 19.8 Å². The van der Waals surface area contributed by atoms with Gasteiger partial charge in [-0.3, -0.25) is 9.69 Å². The molecule has 3 rings (SSSR count). The van der Waals surface area contributed by atoms with Gasteiger partial charge in [0.25, 0.3) is 0 Å². The minimum absolute atomic E-state index is 0.392. The molecule has 0 spiro atoms. The molecule has 1 fully saturated rings. The summed E-state index contributed by atoms with van der Waals surface area (Å²) in [5.74, 6) is 0.770. The number of piperidine rings is 1. The number of ether oxygens (including phenoxy) is 2. The summed E-state index contributed by atoms with van der Waals surface area (Å²) in [6.07, 6.45) is 3.62. The highest BCUT2D eigenvalue weighted by atomic mass is 79.9. The van der Waals surface area contributed by atoms with Crippen molar-refractivity contribution in [2.75, 3.05) is 19.8 Å². The summed E-state index contributed by atoms with van der Waals surface area (Å²) in [5.41, 5.74) is 1.04. The van der Waals surface area contributed by atoms with Crippen LogP contribution < -0.4 is 9.47 Å². The van der Waals surface area contributed by atoms with E-state index in [4.69, 9.17) is 9.47 Å². The van der Waals surface area contributed by atoms with Crippen molar-refractivity contribution in [3.05, 3.63) is 22.2 Å². The van der Waals surface area contributed by atoms with Crippen molar-refractivity contribution >= 4 is 21.9 Å². The molecule has 1 aromatic carbocycles. The first-order chi connectivity index (χ1) is 10.6. The van der Waals surface area contributed by atoms with E-state index in [1.54, 1.807) is 0 Å². The number of carbonyl (C=O) groups is 1. The molecule has 2 aliphatic heterocycles. The summed E-state index contributed by atoms with van der Waals surface area (Å²) in [4.78, 5) is 13.5. The molecule has 1 atom stereocenters. The van der Waals surface area contributed by atoms with Crippen molar-refractivity contribution in [2.24, 2.45) is 0 Å². The van der Waals surface area contributed by atoms with Crippen LogP contribution in [0.1, 0.15) is 31.2 Å². The van der Waals surface area contributed by atoms with E-state index in [1.165, 1.54) is 0 Å². The number of hydrogen-bond donors (Lipinski definition) is 1. The fraction of sp³-hybridized carbons (Fsp3) is 0.562. The Morgan fingerprint density at radius 2 is 1.95 bits per heavy atom. The molecule has 6 heteroatoms. The van der Waals surface area contributed by atoms with Crippen LogP contribution in [-0.2, 0) is 11.3 Å². The average molecular weight is 370 g/mol. The first-order valence-corrected chi connectivity index (χ1v) is 8.49. The largest absolute Gasteiger partial charge is 0.490 e. The summed E-state index contributed by atoms with van der Waals surface area (Å²) in [7, 11) is 0. The van der Waals surface area contributed by atoms with Crippen LogP contribution in [0.25, 0.3) is 0 Å². The molecule has 0 radical (unpaired) electrons. The lowest BCUT2D eigenvalue weighted by Crippen LogP contribution is -2.44. The first kappa shape index (κ1) is 15.6. The Morgan fingerprint density at radius 3 is 2.68 bits per heavy atom. The lowest BCUT2D eigenvalue weighted by molar-refractivity contribution is -0.144. The van der Waals surface area contributed by atoms with Crippen molar-refractivity contribution < 1.29 is 19.4 Å². The molecule has 5 nitrogen and oxygen atoms in total. The number of carboxylic acids is 1. The minimum Gasteiger partial charge on any atom is -0.490 e. The standard InChI is InChI=1S/C16H20BrNO4/c17-12-9-15-14(21-6-3-7-22-15)8-11(12)10-18-5-2-1-4-13(18)16(19)20/h8-9,13H,1-7,10H2,(H,19,20). The Morgan fingerprint density at radius 1 is 1.23 bits per heavy atom. The lowest BCUT2D eigenvalue weighted by Gasteiger charge is -2.33. The van der Waals surface area contributed by atoms with Crippen LogP contribution in [0.2, 0.25) is 0 Å². The van der Waals surface area contributed by atoms with Gasteiger partial charge >= 0.3 is 5.97 Å². The number of fused-ring (bicyclic) bond motifs is 1. The topological polar surface area (TPSA) is 59.0 Å². The number of nitrogens with zero attached hydrogens (tertiary/aromatic N) is 1. The summed E-state index contributed by atoms with van der Waals surface area (Å²) < 4.78 is 12.3. The van der Waals surface area contributed by atoms with Gasteiger partial charge in [-0.15, -0.1) is 0 Å². The Kier molecular flexibility index (Phi) is 4.88. The van der Waals surface area contributed by atoms with Gasteiger partial charge in [-0.2, -0.15) is 0 Å². The number of benzene rings is 1. The Hall–Kier alpha value is -1.27. The molecular formula is C16H20BrNO4. The zero-order chi connectivity index (χ0) is 15.5. The first-order valence-electron chi connectivity index (χ1n) is 7.70. The number of halogens is 1. The van der Waals surface area contributed by atoms with E-state index in [-0.39, 0.29) is 0 Å². The number of rotatable bonds is 3. The molecule has 0 aliphatic carbocycles. The lowest BCUT2D eigenvalue weighted by atomic mass is 10.0. The average Bonchev–Trinajstić information content (AvgIpc) is 2.73. The van der Waals surface area contributed by atoms with Crippen LogP contribution in [0.15, 0.2) is 16.6 Å². The summed E-state index contributed by atoms with van der Waals surface area (Å²) >= 11 is 3.58. The van der Waals surface area contributed by atoms with Crippen molar-refractivity contribution in [3.63, 3.8) is 0 Å². The third-order valence-corrected chi connectivity index (χ3v) is 4.93. The van der Waals surface area contributed by atoms with Gasteiger partial charge in [0, 0.05) is 17.4 Å². The smallest absolute Gasteiger partial charge is 0.320 e.